The number of likely N-dealkylation sites (N-methyl/N-ethyl adjacent to an activating group) is 1. The van der Waals surface area contributed by atoms with Crippen LogP contribution in [0.3, 0.4) is 0 Å². The number of hydrogen-bond donors (Lipinski definition) is 0. The van der Waals surface area contributed by atoms with E-state index in [2.05, 4.69) is 4.90 Å². The summed E-state index contributed by atoms with van der Waals surface area (Å²) >= 11 is 0. The molecule has 1 amide bonds. The van der Waals surface area contributed by atoms with E-state index >= 15 is 0 Å². The average Bonchev–Trinajstić information content (AvgIpc) is 3.11. The Bertz CT molecular complexity index is 1120. The van der Waals surface area contributed by atoms with E-state index in [1.165, 1.54) is 0 Å². The molecule has 0 atom stereocenters. The van der Waals surface area contributed by atoms with Crippen LogP contribution in [-0.4, -0.2) is 39.4 Å². The summed E-state index contributed by atoms with van der Waals surface area (Å²) in [4.78, 5) is 17.1. The topological polar surface area (TPSA) is 70.8 Å². The van der Waals surface area contributed by atoms with Gasteiger partial charge < -0.3 is 14.2 Å². The Morgan fingerprint density at radius 1 is 0.966 bits per heavy atom. The normalized spacial score (nSPS) is 14.4. The lowest BCUT2D eigenvalue weighted by atomic mass is 10.1. The zero-order valence-corrected chi connectivity index (χ0v) is 16.9. The van der Waals surface area contributed by atoms with E-state index in [9.17, 15) is 13.2 Å². The molecular weight excluding hydrogens is 388 g/mol. The third-order valence-corrected chi connectivity index (χ3v) is 6.72. The monoisotopic (exact) mass is 410 g/mol. The molecule has 3 aromatic rings. The van der Waals surface area contributed by atoms with Gasteiger partial charge in [0.05, 0.1) is 4.90 Å². The number of anilines is 1. The van der Waals surface area contributed by atoms with Gasteiger partial charge in [-0.05, 0) is 35.9 Å². The van der Waals surface area contributed by atoms with Crippen LogP contribution in [-0.2, 0) is 22.1 Å². The van der Waals surface area contributed by atoms with Gasteiger partial charge in [0.15, 0.2) is 15.6 Å². The maximum absolute atomic E-state index is 13.0. The lowest BCUT2D eigenvalue weighted by Gasteiger charge is -2.20. The van der Waals surface area contributed by atoms with Gasteiger partial charge in [-0.25, -0.2) is 8.42 Å². The molecule has 4 rings (SSSR count). The average molecular weight is 410 g/mol. The summed E-state index contributed by atoms with van der Waals surface area (Å²) in [5, 5.41) is 0. The number of carbonyl (C=O) groups excluding carboxylic acids is 1. The second-order valence-electron chi connectivity index (χ2n) is 7.12. The lowest BCUT2D eigenvalue weighted by molar-refractivity contribution is 0.0718. The Kier molecular flexibility index (Phi) is 5.15. The second kappa shape index (κ2) is 7.75. The number of rotatable bonds is 4. The molecule has 29 heavy (non-hydrogen) atoms. The van der Waals surface area contributed by atoms with E-state index in [4.69, 9.17) is 4.42 Å². The first-order chi connectivity index (χ1) is 13.9. The van der Waals surface area contributed by atoms with Crippen molar-refractivity contribution in [1.82, 2.24) is 4.90 Å². The molecule has 0 fully saturated rings. The van der Waals surface area contributed by atoms with Crippen molar-refractivity contribution >= 4 is 21.4 Å². The number of carbonyl (C=O) groups is 1. The Morgan fingerprint density at radius 2 is 1.69 bits per heavy atom. The van der Waals surface area contributed by atoms with Crippen molar-refractivity contribution in [1.29, 1.82) is 0 Å². The first-order valence-electron chi connectivity index (χ1n) is 9.39. The van der Waals surface area contributed by atoms with Crippen LogP contribution in [0.5, 0.6) is 0 Å². The minimum absolute atomic E-state index is 0.158. The van der Waals surface area contributed by atoms with Crippen molar-refractivity contribution in [2.75, 3.05) is 25.0 Å². The van der Waals surface area contributed by atoms with Gasteiger partial charge in [-0.15, -0.1) is 0 Å². The third-order valence-electron chi connectivity index (χ3n) is 5.06. The summed E-state index contributed by atoms with van der Waals surface area (Å²) in [7, 11) is -1.52. The molecular formula is C22H22N2O4S. The molecule has 1 aliphatic heterocycles. The van der Waals surface area contributed by atoms with Crippen LogP contribution < -0.4 is 4.90 Å². The zero-order chi connectivity index (χ0) is 20.4. The van der Waals surface area contributed by atoms with Gasteiger partial charge >= 0.3 is 0 Å². The number of fused-ring (bicyclic) bond motifs is 1. The van der Waals surface area contributed by atoms with E-state index < -0.39 is 9.84 Å². The van der Waals surface area contributed by atoms with E-state index in [0.29, 0.717) is 19.6 Å². The Balaban J connectivity index is 1.52. The quantitative estimate of drug-likeness (QED) is 0.660. The fourth-order valence-corrected chi connectivity index (χ4v) is 4.76. The second-order valence-corrected chi connectivity index (χ2v) is 9.10. The highest BCUT2D eigenvalue weighted by atomic mass is 32.2. The molecule has 0 N–H and O–H groups in total. The molecule has 2 aromatic carbocycles. The molecule has 7 heteroatoms. The summed E-state index contributed by atoms with van der Waals surface area (Å²) in [6.45, 7) is 1.75. The van der Waals surface area contributed by atoms with E-state index in [-0.39, 0.29) is 28.1 Å². The van der Waals surface area contributed by atoms with Crippen LogP contribution in [0.1, 0.15) is 21.9 Å². The highest BCUT2D eigenvalue weighted by molar-refractivity contribution is 7.90. The summed E-state index contributed by atoms with van der Waals surface area (Å²) in [5.41, 5.74) is 2.18. The molecule has 0 spiro atoms. The van der Waals surface area contributed by atoms with E-state index in [0.717, 1.165) is 11.3 Å². The van der Waals surface area contributed by atoms with Gasteiger partial charge in [-0.1, -0.05) is 36.4 Å². The number of hydrogen-bond acceptors (Lipinski definition) is 5. The summed E-state index contributed by atoms with van der Waals surface area (Å²) < 4.78 is 30.7. The highest BCUT2D eigenvalue weighted by Crippen LogP contribution is 2.25. The lowest BCUT2D eigenvalue weighted by Crippen LogP contribution is -2.34. The van der Waals surface area contributed by atoms with Crippen LogP contribution in [0.2, 0.25) is 0 Å². The minimum Gasteiger partial charge on any atom is -0.455 e. The van der Waals surface area contributed by atoms with Crippen LogP contribution in [0.4, 0.5) is 5.69 Å². The van der Waals surface area contributed by atoms with Crippen LogP contribution in [0.25, 0.3) is 0 Å². The fourth-order valence-electron chi connectivity index (χ4n) is 3.49. The van der Waals surface area contributed by atoms with Gasteiger partial charge in [0, 0.05) is 32.4 Å². The molecule has 150 valence electrons. The molecule has 1 aromatic heterocycles. The van der Waals surface area contributed by atoms with Crippen LogP contribution >= 0.6 is 0 Å². The number of furan rings is 1. The molecule has 0 saturated heterocycles. The van der Waals surface area contributed by atoms with Crippen molar-refractivity contribution in [2.45, 2.75) is 17.2 Å². The predicted molar refractivity (Wildman–Crippen MR) is 110 cm³/mol. The fraction of sp³-hybridized carbons (Fsp3) is 0.227. The smallest absolute Gasteiger partial charge is 0.289 e. The van der Waals surface area contributed by atoms with Gasteiger partial charge in [0.25, 0.3) is 5.91 Å². The maximum atomic E-state index is 13.0. The molecule has 1 aliphatic rings. The van der Waals surface area contributed by atoms with Crippen molar-refractivity contribution in [3.63, 3.8) is 0 Å². The summed E-state index contributed by atoms with van der Waals surface area (Å²) in [5.74, 6) is -0.108. The van der Waals surface area contributed by atoms with Crippen LogP contribution in [0, 0.1) is 0 Å². The molecule has 0 radical (unpaired) electrons. The van der Waals surface area contributed by atoms with Crippen molar-refractivity contribution in [3.8, 4) is 0 Å². The number of amides is 1. The molecule has 6 nitrogen and oxygen atoms in total. The molecule has 0 aliphatic carbocycles. The number of nitrogens with zero attached hydrogens (tertiary/aromatic N) is 2. The van der Waals surface area contributed by atoms with Crippen molar-refractivity contribution in [2.24, 2.45) is 0 Å². The molecule has 2 heterocycles. The van der Waals surface area contributed by atoms with E-state index in [1.807, 2.05) is 31.3 Å². The largest absolute Gasteiger partial charge is 0.455 e. The number of para-hydroxylation sites is 1. The standard InChI is InChI=1S/C22H22N2O4S/c1-23-13-14-24(15-17-7-5-6-10-20(17)23)22(25)21-12-11-18(28-21)16-29(26,27)19-8-3-2-4-9-19/h2-12H,13-16H2,1H3. The summed E-state index contributed by atoms with van der Waals surface area (Å²) in [6, 6.07) is 19.3. The Hall–Kier alpha value is -3.06. The maximum Gasteiger partial charge on any atom is 0.289 e. The number of sulfone groups is 1. The van der Waals surface area contributed by atoms with Gasteiger partial charge in [-0.3, -0.25) is 4.79 Å². The van der Waals surface area contributed by atoms with Crippen molar-refractivity contribution in [3.05, 3.63) is 83.8 Å². The molecule has 0 unspecified atom stereocenters. The third kappa shape index (κ3) is 4.05. The van der Waals surface area contributed by atoms with Gasteiger partial charge in [0.1, 0.15) is 11.5 Å². The van der Waals surface area contributed by atoms with Gasteiger partial charge in [-0.2, -0.15) is 0 Å². The predicted octanol–water partition coefficient (Wildman–Crippen LogP) is 3.35. The Labute approximate surface area is 170 Å². The highest BCUT2D eigenvalue weighted by Gasteiger charge is 2.25. The van der Waals surface area contributed by atoms with Gasteiger partial charge in [0.2, 0.25) is 0 Å². The van der Waals surface area contributed by atoms with Crippen molar-refractivity contribution < 1.29 is 17.6 Å². The summed E-state index contributed by atoms with van der Waals surface area (Å²) in [6.07, 6.45) is 0. The molecule has 0 bridgehead atoms. The minimum atomic E-state index is -3.53. The molecule has 0 saturated carbocycles. The Morgan fingerprint density at radius 3 is 2.48 bits per heavy atom. The van der Waals surface area contributed by atoms with E-state index in [1.54, 1.807) is 47.4 Å². The first-order valence-corrected chi connectivity index (χ1v) is 11.0. The SMILES string of the molecule is CN1CCN(C(=O)c2ccc(CS(=O)(=O)c3ccccc3)o2)Cc2ccccc21. The zero-order valence-electron chi connectivity index (χ0n) is 16.1. The number of benzene rings is 2. The first kappa shape index (κ1) is 19.3. The van der Waals surface area contributed by atoms with Crippen LogP contribution in [0.15, 0.2) is 76.0 Å².